The van der Waals surface area contributed by atoms with Crippen molar-refractivity contribution < 1.29 is 24.8 Å². The van der Waals surface area contributed by atoms with Gasteiger partial charge in [0.15, 0.2) is 0 Å². The third-order valence-corrected chi connectivity index (χ3v) is 2.13. The molecule has 1 aliphatic heterocycles. The standard InChI is InChI=1S/C8H16O5/c1-2-12-4-6-8(11)7(10)5(3-9)13-6/h5-11H,2-4H2,1H3/t5-,6-,7-,8-/m1/s1. The molecule has 1 saturated heterocycles. The molecule has 0 amide bonds. The molecule has 0 bridgehead atoms. The lowest BCUT2D eigenvalue weighted by Crippen LogP contribution is -2.35. The summed E-state index contributed by atoms with van der Waals surface area (Å²) in [5.74, 6) is 0. The van der Waals surface area contributed by atoms with Crippen molar-refractivity contribution in [3.05, 3.63) is 0 Å². The van der Waals surface area contributed by atoms with E-state index in [9.17, 15) is 10.2 Å². The SMILES string of the molecule is CCOC[C@H]1O[C@H](CO)[C@@H](O)[C@@H]1O. The van der Waals surface area contributed by atoms with Crippen LogP contribution in [-0.4, -0.2) is 59.6 Å². The van der Waals surface area contributed by atoms with E-state index in [0.29, 0.717) is 6.61 Å². The first-order valence-electron chi connectivity index (χ1n) is 4.40. The topological polar surface area (TPSA) is 79.2 Å². The molecule has 0 saturated carbocycles. The molecule has 4 atom stereocenters. The molecule has 13 heavy (non-hydrogen) atoms. The van der Waals surface area contributed by atoms with Crippen LogP contribution < -0.4 is 0 Å². The molecular formula is C8H16O5. The summed E-state index contributed by atoms with van der Waals surface area (Å²) >= 11 is 0. The first kappa shape index (κ1) is 10.9. The second-order valence-corrected chi connectivity index (χ2v) is 3.04. The van der Waals surface area contributed by atoms with Crippen molar-refractivity contribution in [1.82, 2.24) is 0 Å². The van der Waals surface area contributed by atoms with Crippen LogP contribution in [0.3, 0.4) is 0 Å². The third kappa shape index (κ3) is 2.38. The summed E-state index contributed by atoms with van der Waals surface area (Å²) in [5, 5.41) is 27.5. The summed E-state index contributed by atoms with van der Waals surface area (Å²) in [6.45, 7) is 2.32. The Bertz CT molecular complexity index is 151. The predicted molar refractivity (Wildman–Crippen MR) is 44.3 cm³/mol. The highest BCUT2D eigenvalue weighted by atomic mass is 16.6. The molecular weight excluding hydrogens is 176 g/mol. The summed E-state index contributed by atoms with van der Waals surface area (Å²) in [4.78, 5) is 0. The zero-order valence-corrected chi connectivity index (χ0v) is 7.59. The highest BCUT2D eigenvalue weighted by Gasteiger charge is 2.42. The van der Waals surface area contributed by atoms with E-state index < -0.39 is 24.4 Å². The van der Waals surface area contributed by atoms with Gasteiger partial charge in [0.2, 0.25) is 0 Å². The quantitative estimate of drug-likeness (QED) is 0.505. The van der Waals surface area contributed by atoms with Crippen LogP contribution in [0.1, 0.15) is 6.92 Å². The van der Waals surface area contributed by atoms with Crippen LogP contribution >= 0.6 is 0 Å². The molecule has 0 unspecified atom stereocenters. The minimum atomic E-state index is -1.02. The number of aliphatic hydroxyl groups is 3. The van der Waals surface area contributed by atoms with Crippen LogP contribution in [0.2, 0.25) is 0 Å². The fraction of sp³-hybridized carbons (Fsp3) is 1.00. The highest BCUT2D eigenvalue weighted by Crippen LogP contribution is 2.21. The smallest absolute Gasteiger partial charge is 0.111 e. The van der Waals surface area contributed by atoms with Crippen molar-refractivity contribution >= 4 is 0 Å². The van der Waals surface area contributed by atoms with Gasteiger partial charge in [-0.25, -0.2) is 0 Å². The fourth-order valence-corrected chi connectivity index (χ4v) is 1.35. The molecule has 0 radical (unpaired) electrons. The monoisotopic (exact) mass is 192 g/mol. The van der Waals surface area contributed by atoms with E-state index in [1.807, 2.05) is 6.92 Å². The zero-order valence-electron chi connectivity index (χ0n) is 7.59. The van der Waals surface area contributed by atoms with E-state index in [-0.39, 0.29) is 13.2 Å². The maximum Gasteiger partial charge on any atom is 0.111 e. The summed E-state index contributed by atoms with van der Waals surface area (Å²) < 4.78 is 10.2. The fourth-order valence-electron chi connectivity index (χ4n) is 1.35. The van der Waals surface area contributed by atoms with E-state index in [1.54, 1.807) is 0 Å². The van der Waals surface area contributed by atoms with Gasteiger partial charge in [0.1, 0.15) is 24.4 Å². The number of hydrogen-bond donors (Lipinski definition) is 3. The van der Waals surface area contributed by atoms with Crippen molar-refractivity contribution in [2.75, 3.05) is 19.8 Å². The minimum Gasteiger partial charge on any atom is -0.394 e. The molecule has 1 heterocycles. The summed E-state index contributed by atoms with van der Waals surface area (Å²) in [5.41, 5.74) is 0. The minimum absolute atomic E-state index is 0.241. The van der Waals surface area contributed by atoms with Crippen molar-refractivity contribution in [1.29, 1.82) is 0 Å². The number of aliphatic hydroxyl groups excluding tert-OH is 3. The molecule has 0 aromatic heterocycles. The second-order valence-electron chi connectivity index (χ2n) is 3.04. The molecule has 1 aliphatic rings. The molecule has 0 aromatic carbocycles. The lowest BCUT2D eigenvalue weighted by Gasteiger charge is -2.13. The Labute approximate surface area is 76.9 Å². The Hall–Kier alpha value is -0.200. The lowest BCUT2D eigenvalue weighted by atomic mass is 10.1. The van der Waals surface area contributed by atoms with Gasteiger partial charge >= 0.3 is 0 Å². The summed E-state index contributed by atoms with van der Waals surface area (Å²) in [6, 6.07) is 0. The molecule has 0 spiro atoms. The molecule has 1 fully saturated rings. The molecule has 3 N–H and O–H groups in total. The van der Waals surface area contributed by atoms with Gasteiger partial charge in [-0.2, -0.15) is 0 Å². The Morgan fingerprint density at radius 3 is 2.31 bits per heavy atom. The average Bonchev–Trinajstić information content (AvgIpc) is 2.41. The Kier molecular flexibility index (Phi) is 4.08. The molecule has 0 aliphatic carbocycles. The van der Waals surface area contributed by atoms with E-state index in [2.05, 4.69) is 0 Å². The van der Waals surface area contributed by atoms with Gasteiger partial charge in [0, 0.05) is 6.61 Å². The maximum atomic E-state index is 9.42. The highest BCUT2D eigenvalue weighted by molar-refractivity contribution is 4.90. The molecule has 1 rings (SSSR count). The first-order valence-corrected chi connectivity index (χ1v) is 4.40. The van der Waals surface area contributed by atoms with E-state index in [4.69, 9.17) is 14.6 Å². The van der Waals surface area contributed by atoms with Gasteiger partial charge in [-0.3, -0.25) is 0 Å². The van der Waals surface area contributed by atoms with Crippen LogP contribution in [-0.2, 0) is 9.47 Å². The van der Waals surface area contributed by atoms with Gasteiger partial charge < -0.3 is 24.8 Å². The molecule has 5 heteroatoms. The van der Waals surface area contributed by atoms with Gasteiger partial charge in [0.25, 0.3) is 0 Å². The van der Waals surface area contributed by atoms with Gasteiger partial charge in [-0.15, -0.1) is 0 Å². The zero-order chi connectivity index (χ0) is 9.84. The summed E-state index contributed by atoms with van der Waals surface area (Å²) in [7, 11) is 0. The van der Waals surface area contributed by atoms with Crippen LogP contribution in [0.25, 0.3) is 0 Å². The average molecular weight is 192 g/mol. The molecule has 0 aromatic rings. The normalized spacial score (nSPS) is 39.7. The number of ether oxygens (including phenoxy) is 2. The van der Waals surface area contributed by atoms with Crippen molar-refractivity contribution in [3.63, 3.8) is 0 Å². The van der Waals surface area contributed by atoms with Crippen molar-refractivity contribution in [2.45, 2.75) is 31.3 Å². The van der Waals surface area contributed by atoms with Gasteiger partial charge in [0.05, 0.1) is 13.2 Å². The predicted octanol–water partition coefficient (Wildman–Crippen LogP) is -1.50. The third-order valence-electron chi connectivity index (χ3n) is 2.13. The van der Waals surface area contributed by atoms with Crippen LogP contribution in [0.4, 0.5) is 0 Å². The lowest BCUT2D eigenvalue weighted by molar-refractivity contribution is -0.0539. The second kappa shape index (κ2) is 4.88. The number of hydrogen-bond acceptors (Lipinski definition) is 5. The van der Waals surface area contributed by atoms with E-state index in [1.165, 1.54) is 0 Å². The first-order chi connectivity index (χ1) is 6.20. The van der Waals surface area contributed by atoms with E-state index >= 15 is 0 Å². The van der Waals surface area contributed by atoms with Crippen LogP contribution in [0.15, 0.2) is 0 Å². The number of rotatable bonds is 4. The van der Waals surface area contributed by atoms with Crippen molar-refractivity contribution in [3.8, 4) is 0 Å². The van der Waals surface area contributed by atoms with E-state index in [0.717, 1.165) is 0 Å². The van der Waals surface area contributed by atoms with Crippen LogP contribution in [0.5, 0.6) is 0 Å². The maximum absolute atomic E-state index is 9.42. The molecule has 5 nitrogen and oxygen atoms in total. The Morgan fingerprint density at radius 1 is 1.23 bits per heavy atom. The van der Waals surface area contributed by atoms with Gasteiger partial charge in [-0.1, -0.05) is 0 Å². The van der Waals surface area contributed by atoms with Crippen molar-refractivity contribution in [2.24, 2.45) is 0 Å². The largest absolute Gasteiger partial charge is 0.394 e. The Balaban J connectivity index is 2.40. The summed E-state index contributed by atoms with van der Waals surface area (Å²) in [6.07, 6.45) is -3.22. The molecule has 78 valence electrons. The van der Waals surface area contributed by atoms with Gasteiger partial charge in [-0.05, 0) is 6.92 Å². The Morgan fingerprint density at radius 2 is 1.85 bits per heavy atom. The van der Waals surface area contributed by atoms with Crippen LogP contribution in [0, 0.1) is 0 Å².